The average molecular weight is 416 g/mol. The van der Waals surface area contributed by atoms with Crippen LogP contribution in [0, 0.1) is 0 Å². The predicted molar refractivity (Wildman–Crippen MR) is 106 cm³/mol. The Labute approximate surface area is 169 Å². The van der Waals surface area contributed by atoms with E-state index in [1.165, 1.54) is 22.0 Å². The standard InChI is InChI=1S/C19H18N4.C2HF3O2/c1-2-4-15(5-3-1)19(18-12-20-13-23-18)22-11-14-6-7-17-16(10-14)8-9-21-17;3-2(4,5)1(6)7/h1-10,12-13,19,21-22H,11H2,(H,20,23);(H,6,7). The van der Waals surface area contributed by atoms with Crippen molar-refractivity contribution in [3.05, 3.63) is 90.1 Å². The molecule has 156 valence electrons. The van der Waals surface area contributed by atoms with Gasteiger partial charge in [0.25, 0.3) is 0 Å². The predicted octanol–water partition coefficient (Wildman–Crippen LogP) is 4.40. The van der Waals surface area contributed by atoms with E-state index in [0.717, 1.165) is 12.2 Å². The van der Waals surface area contributed by atoms with Crippen LogP contribution in [0.5, 0.6) is 0 Å². The minimum absolute atomic E-state index is 0.0978. The zero-order valence-electron chi connectivity index (χ0n) is 15.6. The quantitative estimate of drug-likeness (QED) is 0.388. The zero-order chi connectivity index (χ0) is 21.6. The summed E-state index contributed by atoms with van der Waals surface area (Å²) in [5.41, 5.74) is 4.72. The van der Waals surface area contributed by atoms with Crippen LogP contribution in [0.3, 0.4) is 0 Å². The van der Waals surface area contributed by atoms with E-state index in [-0.39, 0.29) is 6.04 Å². The molecule has 9 heteroatoms. The number of imidazole rings is 1. The number of halogens is 3. The van der Waals surface area contributed by atoms with Gasteiger partial charge in [-0.05, 0) is 34.7 Å². The SMILES string of the molecule is O=C(O)C(F)(F)F.c1ccc(C(NCc2ccc3[nH]ccc3c2)c2cnc[nH]2)cc1. The molecule has 1 atom stereocenters. The first-order valence-corrected chi connectivity index (χ1v) is 8.97. The third kappa shape index (κ3) is 5.48. The number of nitrogens with zero attached hydrogens (tertiary/aromatic N) is 1. The fraction of sp³-hybridized carbons (Fsp3) is 0.143. The number of carbonyl (C=O) groups is 1. The highest BCUT2D eigenvalue weighted by atomic mass is 19.4. The molecule has 2 heterocycles. The lowest BCUT2D eigenvalue weighted by Gasteiger charge is -2.18. The van der Waals surface area contributed by atoms with Gasteiger partial charge in [0.05, 0.1) is 18.1 Å². The highest BCUT2D eigenvalue weighted by molar-refractivity contribution is 5.79. The van der Waals surface area contributed by atoms with E-state index >= 15 is 0 Å². The summed E-state index contributed by atoms with van der Waals surface area (Å²) < 4.78 is 31.7. The number of carboxylic acids is 1. The van der Waals surface area contributed by atoms with Gasteiger partial charge in [0.15, 0.2) is 0 Å². The van der Waals surface area contributed by atoms with Gasteiger partial charge < -0.3 is 20.4 Å². The number of H-pyrrole nitrogens is 2. The van der Waals surface area contributed by atoms with Crippen molar-refractivity contribution in [2.24, 2.45) is 0 Å². The number of aromatic amines is 2. The maximum Gasteiger partial charge on any atom is 0.490 e. The first-order chi connectivity index (χ1) is 14.3. The van der Waals surface area contributed by atoms with Crippen LogP contribution in [-0.4, -0.2) is 32.2 Å². The summed E-state index contributed by atoms with van der Waals surface area (Å²) in [6, 6.07) is 19.1. The van der Waals surface area contributed by atoms with E-state index in [9.17, 15) is 13.2 Å². The van der Waals surface area contributed by atoms with Crippen molar-refractivity contribution >= 4 is 16.9 Å². The van der Waals surface area contributed by atoms with Gasteiger partial charge in [0.2, 0.25) is 0 Å². The molecule has 0 radical (unpaired) electrons. The lowest BCUT2D eigenvalue weighted by molar-refractivity contribution is -0.192. The molecule has 30 heavy (non-hydrogen) atoms. The molecule has 0 saturated carbocycles. The number of hydrogen-bond donors (Lipinski definition) is 4. The third-order valence-electron chi connectivity index (χ3n) is 4.33. The number of nitrogens with one attached hydrogen (secondary N) is 3. The minimum atomic E-state index is -5.08. The smallest absolute Gasteiger partial charge is 0.475 e. The lowest BCUT2D eigenvalue weighted by atomic mass is 10.0. The molecular weight excluding hydrogens is 397 g/mol. The van der Waals surface area contributed by atoms with Crippen molar-refractivity contribution < 1.29 is 23.1 Å². The van der Waals surface area contributed by atoms with E-state index in [1.807, 2.05) is 18.5 Å². The molecule has 0 amide bonds. The molecular formula is C21H19F3N4O2. The highest BCUT2D eigenvalue weighted by Gasteiger charge is 2.38. The highest BCUT2D eigenvalue weighted by Crippen LogP contribution is 2.21. The van der Waals surface area contributed by atoms with E-state index in [0.29, 0.717) is 0 Å². The van der Waals surface area contributed by atoms with Gasteiger partial charge in [0.1, 0.15) is 0 Å². The molecule has 0 fully saturated rings. The Hall–Kier alpha value is -3.59. The summed E-state index contributed by atoms with van der Waals surface area (Å²) in [5, 5.41) is 12.0. The number of carboxylic acid groups (broad SMARTS) is 1. The summed E-state index contributed by atoms with van der Waals surface area (Å²) in [6.07, 6.45) is 0.484. The number of aliphatic carboxylic acids is 1. The largest absolute Gasteiger partial charge is 0.490 e. The van der Waals surface area contributed by atoms with Gasteiger partial charge in [0, 0.05) is 24.5 Å². The van der Waals surface area contributed by atoms with Crippen LogP contribution in [0.15, 0.2) is 73.3 Å². The normalized spacial score (nSPS) is 12.2. The van der Waals surface area contributed by atoms with E-state index < -0.39 is 12.1 Å². The summed E-state index contributed by atoms with van der Waals surface area (Å²) in [7, 11) is 0. The molecule has 2 aromatic heterocycles. The van der Waals surface area contributed by atoms with Crippen molar-refractivity contribution in [3.63, 3.8) is 0 Å². The van der Waals surface area contributed by atoms with Gasteiger partial charge >= 0.3 is 12.1 Å². The Morgan fingerprint density at radius 2 is 1.83 bits per heavy atom. The van der Waals surface area contributed by atoms with Gasteiger partial charge in [-0.3, -0.25) is 0 Å². The van der Waals surface area contributed by atoms with Gasteiger partial charge in [-0.1, -0.05) is 36.4 Å². The van der Waals surface area contributed by atoms with Crippen LogP contribution in [0.1, 0.15) is 22.9 Å². The van der Waals surface area contributed by atoms with E-state index in [4.69, 9.17) is 9.90 Å². The number of rotatable bonds is 5. The molecule has 0 bridgehead atoms. The van der Waals surface area contributed by atoms with Gasteiger partial charge in [-0.25, -0.2) is 9.78 Å². The molecule has 2 aromatic carbocycles. The molecule has 4 aromatic rings. The van der Waals surface area contributed by atoms with E-state index in [1.54, 1.807) is 6.33 Å². The van der Waals surface area contributed by atoms with Crippen LogP contribution >= 0.6 is 0 Å². The first kappa shape index (κ1) is 21.1. The molecule has 0 spiro atoms. The maximum absolute atomic E-state index is 10.6. The van der Waals surface area contributed by atoms with Crippen molar-refractivity contribution in [1.29, 1.82) is 0 Å². The average Bonchev–Trinajstić information content (AvgIpc) is 3.40. The summed E-state index contributed by atoms with van der Waals surface area (Å²) in [4.78, 5) is 19.5. The van der Waals surface area contributed by atoms with Crippen molar-refractivity contribution in [1.82, 2.24) is 20.3 Å². The Morgan fingerprint density at radius 1 is 1.10 bits per heavy atom. The molecule has 0 aliphatic carbocycles. The number of hydrogen-bond acceptors (Lipinski definition) is 3. The second-order valence-electron chi connectivity index (χ2n) is 6.43. The monoisotopic (exact) mass is 416 g/mol. The second-order valence-corrected chi connectivity index (χ2v) is 6.43. The van der Waals surface area contributed by atoms with Crippen LogP contribution in [0.4, 0.5) is 13.2 Å². The molecule has 4 N–H and O–H groups in total. The summed E-state index contributed by atoms with van der Waals surface area (Å²) in [6.45, 7) is 0.791. The van der Waals surface area contributed by atoms with Crippen LogP contribution < -0.4 is 5.32 Å². The van der Waals surface area contributed by atoms with Crippen LogP contribution in [0.2, 0.25) is 0 Å². The van der Waals surface area contributed by atoms with Crippen molar-refractivity contribution in [2.45, 2.75) is 18.8 Å². The molecule has 1 unspecified atom stereocenters. The minimum Gasteiger partial charge on any atom is -0.475 e. The molecule has 6 nitrogen and oxygen atoms in total. The maximum atomic E-state index is 10.6. The van der Waals surface area contributed by atoms with Gasteiger partial charge in [-0.2, -0.15) is 13.2 Å². The Kier molecular flexibility index (Phi) is 6.53. The summed E-state index contributed by atoms with van der Waals surface area (Å²) >= 11 is 0. The number of fused-ring (bicyclic) bond motifs is 1. The topological polar surface area (TPSA) is 93.8 Å². The second kappa shape index (κ2) is 9.27. The van der Waals surface area contributed by atoms with Gasteiger partial charge in [-0.15, -0.1) is 0 Å². The van der Waals surface area contributed by atoms with Crippen molar-refractivity contribution in [2.75, 3.05) is 0 Å². The number of aromatic nitrogens is 3. The van der Waals surface area contributed by atoms with Crippen LogP contribution in [-0.2, 0) is 11.3 Å². The summed E-state index contributed by atoms with van der Waals surface area (Å²) in [5.74, 6) is -2.76. The fourth-order valence-corrected chi connectivity index (χ4v) is 2.91. The molecule has 4 rings (SSSR count). The Morgan fingerprint density at radius 3 is 2.47 bits per heavy atom. The first-order valence-electron chi connectivity index (χ1n) is 8.97. The van der Waals surface area contributed by atoms with Crippen LogP contribution in [0.25, 0.3) is 10.9 Å². The molecule has 0 aliphatic heterocycles. The zero-order valence-corrected chi connectivity index (χ0v) is 15.6. The lowest BCUT2D eigenvalue weighted by Crippen LogP contribution is -2.22. The van der Waals surface area contributed by atoms with E-state index in [2.05, 4.69) is 68.8 Å². The Balaban J connectivity index is 0.000000318. The fourth-order valence-electron chi connectivity index (χ4n) is 2.91. The molecule has 0 saturated heterocycles. The number of alkyl halides is 3. The third-order valence-corrected chi connectivity index (χ3v) is 4.33. The number of benzene rings is 2. The Bertz CT molecular complexity index is 1080. The molecule has 0 aliphatic rings. The van der Waals surface area contributed by atoms with Crippen molar-refractivity contribution in [3.8, 4) is 0 Å².